The van der Waals surface area contributed by atoms with E-state index >= 15 is 0 Å². The average molecular weight is 352 g/mol. The molecule has 0 saturated carbocycles. The third-order valence-corrected chi connectivity index (χ3v) is 5.08. The van der Waals surface area contributed by atoms with Crippen molar-refractivity contribution in [2.45, 2.75) is 25.3 Å². The molecule has 1 aliphatic heterocycles. The lowest BCUT2D eigenvalue weighted by atomic mass is 10.0. The van der Waals surface area contributed by atoms with Crippen molar-refractivity contribution in [2.75, 3.05) is 26.7 Å². The first-order valence-electron chi connectivity index (χ1n) is 9.31. The van der Waals surface area contributed by atoms with Gasteiger partial charge in [0.1, 0.15) is 0 Å². The third-order valence-electron chi connectivity index (χ3n) is 5.08. The molecule has 0 N–H and O–H groups in total. The van der Waals surface area contributed by atoms with E-state index in [-0.39, 0.29) is 11.9 Å². The van der Waals surface area contributed by atoms with Gasteiger partial charge >= 0.3 is 0 Å². The summed E-state index contributed by atoms with van der Waals surface area (Å²) in [5.41, 5.74) is 2.32. The van der Waals surface area contributed by atoms with Gasteiger partial charge in [-0.1, -0.05) is 30.3 Å². The van der Waals surface area contributed by atoms with E-state index in [4.69, 9.17) is 0 Å². The summed E-state index contributed by atoms with van der Waals surface area (Å²) in [5, 5.41) is 4.12. The van der Waals surface area contributed by atoms with Crippen molar-refractivity contribution in [1.29, 1.82) is 0 Å². The molecule has 2 aromatic rings. The highest BCUT2D eigenvalue weighted by molar-refractivity contribution is 5.91. The van der Waals surface area contributed by atoms with Gasteiger partial charge in [0.05, 0.1) is 6.20 Å². The number of benzene rings is 1. The summed E-state index contributed by atoms with van der Waals surface area (Å²) >= 11 is 0. The molecular formula is C21H28N4O. The molecule has 0 aliphatic carbocycles. The fourth-order valence-corrected chi connectivity index (χ4v) is 3.47. The van der Waals surface area contributed by atoms with Gasteiger partial charge in [-0.05, 0) is 37.4 Å². The quantitative estimate of drug-likeness (QED) is 0.751. The summed E-state index contributed by atoms with van der Waals surface area (Å²) < 4.78 is 1.74. The molecule has 1 fully saturated rings. The van der Waals surface area contributed by atoms with E-state index in [9.17, 15) is 4.79 Å². The highest BCUT2D eigenvalue weighted by Gasteiger charge is 2.24. The largest absolute Gasteiger partial charge is 0.338 e. The Kier molecular flexibility index (Phi) is 6.23. The maximum absolute atomic E-state index is 12.5. The van der Waals surface area contributed by atoms with E-state index in [0.717, 1.165) is 44.5 Å². The molecule has 1 atom stereocenters. The van der Waals surface area contributed by atoms with Crippen LogP contribution in [0.5, 0.6) is 0 Å². The van der Waals surface area contributed by atoms with Crippen molar-refractivity contribution < 1.29 is 4.79 Å². The minimum absolute atomic E-state index is 0.0590. The Morgan fingerprint density at radius 3 is 2.88 bits per heavy atom. The van der Waals surface area contributed by atoms with Gasteiger partial charge in [0.15, 0.2) is 0 Å². The molecule has 26 heavy (non-hydrogen) atoms. The number of nitrogens with zero attached hydrogens (tertiary/aromatic N) is 4. The Balaban J connectivity index is 1.51. The molecule has 1 amide bonds. The van der Waals surface area contributed by atoms with E-state index in [2.05, 4.69) is 40.3 Å². The van der Waals surface area contributed by atoms with Crippen LogP contribution < -0.4 is 0 Å². The van der Waals surface area contributed by atoms with Crippen molar-refractivity contribution in [3.8, 4) is 0 Å². The van der Waals surface area contributed by atoms with Crippen LogP contribution in [0.25, 0.3) is 6.08 Å². The Morgan fingerprint density at radius 2 is 2.15 bits per heavy atom. The van der Waals surface area contributed by atoms with Crippen LogP contribution in [0.4, 0.5) is 0 Å². The summed E-state index contributed by atoms with van der Waals surface area (Å²) in [5.74, 6) is 0.0590. The van der Waals surface area contributed by atoms with Crippen LogP contribution in [0, 0.1) is 0 Å². The molecule has 0 radical (unpaired) electrons. The normalized spacial score (nSPS) is 18.3. The molecule has 2 heterocycles. The minimum atomic E-state index is 0.0590. The molecule has 138 valence electrons. The number of rotatable bonds is 6. The Morgan fingerprint density at radius 1 is 1.35 bits per heavy atom. The standard InChI is InChI=1S/C21H28N4O/c1-23-16-19(15-22-23)10-11-21(26)24(2)20-9-6-13-25(17-20)14-12-18-7-4-3-5-8-18/h3-5,7-8,10-11,15-16,20H,6,9,12-14,17H2,1-2H3/b11-10+. The molecule has 5 heteroatoms. The predicted octanol–water partition coefficient (Wildman–Crippen LogP) is 2.60. The summed E-state index contributed by atoms with van der Waals surface area (Å²) in [4.78, 5) is 16.9. The minimum Gasteiger partial charge on any atom is -0.338 e. The Labute approximate surface area is 155 Å². The van der Waals surface area contributed by atoms with E-state index in [1.54, 1.807) is 17.0 Å². The van der Waals surface area contributed by atoms with Gasteiger partial charge in [-0.2, -0.15) is 5.10 Å². The first-order chi connectivity index (χ1) is 12.6. The number of likely N-dealkylation sites (tertiary alicyclic amines) is 1. The number of piperidine rings is 1. The summed E-state index contributed by atoms with van der Waals surface area (Å²) in [6.45, 7) is 3.13. The second kappa shape index (κ2) is 8.81. The summed E-state index contributed by atoms with van der Waals surface area (Å²) in [6.07, 6.45) is 10.4. The van der Waals surface area contributed by atoms with Gasteiger partial charge in [0.25, 0.3) is 0 Å². The number of likely N-dealkylation sites (N-methyl/N-ethyl adjacent to an activating group) is 1. The van der Waals surface area contributed by atoms with Gasteiger partial charge < -0.3 is 9.80 Å². The van der Waals surface area contributed by atoms with Crippen molar-refractivity contribution >= 4 is 12.0 Å². The molecule has 3 rings (SSSR count). The van der Waals surface area contributed by atoms with Gasteiger partial charge in [-0.15, -0.1) is 0 Å². The number of hydrogen-bond acceptors (Lipinski definition) is 3. The second-order valence-electron chi connectivity index (χ2n) is 7.06. The molecule has 5 nitrogen and oxygen atoms in total. The summed E-state index contributed by atoms with van der Waals surface area (Å²) in [7, 11) is 3.79. The van der Waals surface area contributed by atoms with Crippen LogP contribution in [-0.2, 0) is 18.3 Å². The number of aromatic nitrogens is 2. The molecule has 0 bridgehead atoms. The van der Waals surface area contributed by atoms with Crippen LogP contribution >= 0.6 is 0 Å². The van der Waals surface area contributed by atoms with Gasteiger partial charge in [0, 0.05) is 51.1 Å². The van der Waals surface area contributed by atoms with Gasteiger partial charge in [-0.25, -0.2) is 0 Å². The SMILES string of the molecule is CN(C(=O)/C=C/c1cnn(C)c1)C1CCCN(CCc2ccccc2)C1. The van der Waals surface area contributed by atoms with Crippen LogP contribution in [0.3, 0.4) is 0 Å². The fourth-order valence-electron chi connectivity index (χ4n) is 3.47. The van der Waals surface area contributed by atoms with Crippen molar-refractivity contribution in [3.63, 3.8) is 0 Å². The monoisotopic (exact) mass is 352 g/mol. The maximum Gasteiger partial charge on any atom is 0.246 e. The second-order valence-corrected chi connectivity index (χ2v) is 7.06. The number of hydrogen-bond donors (Lipinski definition) is 0. The van der Waals surface area contributed by atoms with Gasteiger partial charge in [0.2, 0.25) is 5.91 Å². The molecule has 1 aromatic heterocycles. The van der Waals surface area contributed by atoms with Crippen molar-refractivity contribution in [1.82, 2.24) is 19.6 Å². The molecular weight excluding hydrogens is 324 g/mol. The highest BCUT2D eigenvalue weighted by Crippen LogP contribution is 2.16. The molecule has 1 saturated heterocycles. The third kappa shape index (κ3) is 5.05. The zero-order chi connectivity index (χ0) is 18.4. The molecule has 1 aromatic carbocycles. The highest BCUT2D eigenvalue weighted by atomic mass is 16.2. The predicted molar refractivity (Wildman–Crippen MR) is 105 cm³/mol. The van der Waals surface area contributed by atoms with E-state index < -0.39 is 0 Å². The maximum atomic E-state index is 12.5. The number of aryl methyl sites for hydroxylation is 1. The fraction of sp³-hybridized carbons (Fsp3) is 0.429. The van der Waals surface area contributed by atoms with E-state index in [0.29, 0.717) is 0 Å². The first-order valence-corrected chi connectivity index (χ1v) is 9.31. The van der Waals surface area contributed by atoms with Crippen LogP contribution in [-0.4, -0.2) is 58.2 Å². The van der Waals surface area contributed by atoms with Crippen LogP contribution in [0.15, 0.2) is 48.8 Å². The zero-order valence-corrected chi connectivity index (χ0v) is 15.7. The Hall–Kier alpha value is -2.40. The lowest BCUT2D eigenvalue weighted by molar-refractivity contribution is -0.127. The van der Waals surface area contributed by atoms with Crippen LogP contribution in [0.2, 0.25) is 0 Å². The number of carbonyl (C=O) groups is 1. The zero-order valence-electron chi connectivity index (χ0n) is 15.7. The topological polar surface area (TPSA) is 41.4 Å². The smallest absolute Gasteiger partial charge is 0.246 e. The number of amides is 1. The lowest BCUT2D eigenvalue weighted by Crippen LogP contribution is -2.48. The lowest BCUT2D eigenvalue weighted by Gasteiger charge is -2.37. The van der Waals surface area contributed by atoms with E-state index in [1.807, 2.05) is 31.3 Å². The van der Waals surface area contributed by atoms with Crippen molar-refractivity contribution in [2.24, 2.45) is 7.05 Å². The molecule has 0 spiro atoms. The first kappa shape index (κ1) is 18.4. The average Bonchev–Trinajstić information content (AvgIpc) is 3.10. The molecule has 1 aliphatic rings. The number of carbonyl (C=O) groups excluding carboxylic acids is 1. The van der Waals surface area contributed by atoms with Gasteiger partial charge in [-0.3, -0.25) is 9.48 Å². The van der Waals surface area contributed by atoms with Crippen LogP contribution in [0.1, 0.15) is 24.0 Å². The summed E-state index contributed by atoms with van der Waals surface area (Å²) in [6, 6.07) is 10.9. The Bertz CT molecular complexity index is 737. The molecule has 1 unspecified atom stereocenters. The van der Waals surface area contributed by atoms with E-state index in [1.165, 1.54) is 5.56 Å². The van der Waals surface area contributed by atoms with Crippen molar-refractivity contribution in [3.05, 3.63) is 59.9 Å².